The van der Waals surface area contributed by atoms with Gasteiger partial charge in [0.25, 0.3) is 0 Å². The summed E-state index contributed by atoms with van der Waals surface area (Å²) in [6.07, 6.45) is 2.22. The first-order chi connectivity index (χ1) is 18.1. The van der Waals surface area contributed by atoms with E-state index in [2.05, 4.69) is 36.4 Å². The Labute approximate surface area is 214 Å². The monoisotopic (exact) mass is 483 g/mol. The Morgan fingerprint density at radius 2 is 0.892 bits per heavy atom. The van der Waals surface area contributed by atoms with Crippen LogP contribution in [0.4, 0.5) is 11.4 Å². The molecule has 1 aliphatic rings. The number of fused-ring (bicyclic) bond motifs is 1. The molecule has 0 aromatic heterocycles. The molecule has 0 unspecified atom stereocenters. The van der Waals surface area contributed by atoms with Crippen LogP contribution in [0.3, 0.4) is 0 Å². The number of ether oxygens (including phenoxy) is 2. The number of nitrogens with zero attached hydrogens (tertiary/aromatic N) is 1. The Balaban J connectivity index is 1.34. The highest BCUT2D eigenvalue weighted by Crippen LogP contribution is 2.39. The normalized spacial score (nSPS) is 13.2. The van der Waals surface area contributed by atoms with Gasteiger partial charge in [0.15, 0.2) is 0 Å². The molecule has 1 aliphatic heterocycles. The van der Waals surface area contributed by atoms with Crippen molar-refractivity contribution in [2.45, 2.75) is 5.54 Å². The Hall–Kier alpha value is -5.03. The van der Waals surface area contributed by atoms with Gasteiger partial charge in [0, 0.05) is 11.4 Å². The topological polar surface area (TPSA) is 82.9 Å². The predicted molar refractivity (Wildman–Crippen MR) is 147 cm³/mol. The van der Waals surface area contributed by atoms with Crippen LogP contribution in [0.25, 0.3) is 6.08 Å². The van der Waals surface area contributed by atoms with E-state index in [9.17, 15) is 0 Å². The summed E-state index contributed by atoms with van der Waals surface area (Å²) < 4.78 is 12.0. The van der Waals surface area contributed by atoms with Crippen molar-refractivity contribution < 1.29 is 9.47 Å². The number of nitrogens with two attached hydrogens (primary N) is 2. The molecule has 0 amide bonds. The number of benzene rings is 5. The zero-order chi connectivity index (χ0) is 25.2. The maximum absolute atomic E-state index is 6.01. The fourth-order valence-electron chi connectivity index (χ4n) is 4.52. The van der Waals surface area contributed by atoms with Gasteiger partial charge in [-0.3, -0.25) is 4.99 Å². The fourth-order valence-corrected chi connectivity index (χ4v) is 4.52. The number of anilines is 2. The first-order valence-electron chi connectivity index (χ1n) is 12.0. The van der Waals surface area contributed by atoms with E-state index in [0.717, 1.165) is 44.7 Å². The van der Waals surface area contributed by atoms with E-state index in [1.54, 1.807) is 0 Å². The van der Waals surface area contributed by atoms with Gasteiger partial charge in [-0.15, -0.1) is 0 Å². The Morgan fingerprint density at radius 3 is 1.32 bits per heavy atom. The van der Waals surface area contributed by atoms with Crippen molar-refractivity contribution in [2.24, 2.45) is 4.99 Å². The summed E-state index contributed by atoms with van der Waals surface area (Å²) >= 11 is 0. The highest BCUT2D eigenvalue weighted by Gasteiger charge is 2.34. The van der Waals surface area contributed by atoms with Crippen LogP contribution in [0.1, 0.15) is 11.1 Å². The minimum absolute atomic E-state index is 0.664. The summed E-state index contributed by atoms with van der Waals surface area (Å²) in [7, 11) is 0. The molecule has 0 aliphatic carbocycles. The van der Waals surface area contributed by atoms with Crippen molar-refractivity contribution in [1.29, 1.82) is 0 Å². The Morgan fingerprint density at radius 1 is 0.486 bits per heavy atom. The van der Waals surface area contributed by atoms with E-state index in [1.807, 2.05) is 91.0 Å². The van der Waals surface area contributed by atoms with Gasteiger partial charge in [-0.05, 0) is 101 Å². The molecule has 0 saturated heterocycles. The first kappa shape index (κ1) is 22.4. The second-order valence-corrected chi connectivity index (χ2v) is 8.97. The van der Waals surface area contributed by atoms with Crippen LogP contribution in [-0.4, -0.2) is 0 Å². The van der Waals surface area contributed by atoms with Crippen LogP contribution < -0.4 is 31.5 Å². The van der Waals surface area contributed by atoms with Crippen molar-refractivity contribution in [2.75, 3.05) is 11.5 Å². The molecular weight excluding hydrogens is 458 g/mol. The second-order valence-electron chi connectivity index (χ2n) is 8.97. The lowest BCUT2D eigenvalue weighted by atomic mass is 9.83. The van der Waals surface area contributed by atoms with Gasteiger partial charge in [0.1, 0.15) is 28.5 Å². The molecule has 0 atom stereocenters. The van der Waals surface area contributed by atoms with E-state index in [1.165, 1.54) is 0 Å². The maximum Gasteiger partial charge on any atom is 0.130 e. The molecular formula is C32H25N3O2. The van der Waals surface area contributed by atoms with Crippen molar-refractivity contribution >= 4 is 17.5 Å². The molecule has 1 heterocycles. The van der Waals surface area contributed by atoms with Crippen molar-refractivity contribution in [3.63, 3.8) is 0 Å². The standard InChI is InChI=1S/C32H25N3O2/c33-25-9-17-29(18-10-25)36-27-13-5-23(6-14-27)32(21-22-3-1-2-4-31(22)35-32)24-7-15-28(16-8-24)37-30-19-11-26(34)12-20-30/h1-21H,33-34H2. The molecule has 37 heavy (non-hydrogen) atoms. The SMILES string of the molecule is Nc1ccc(Oc2ccc(C3(c4ccc(Oc5ccc(N)cc5)cc4)C=c4ccccc4=N3)cc2)cc1. The van der Waals surface area contributed by atoms with Gasteiger partial charge >= 0.3 is 0 Å². The molecule has 4 N–H and O–H groups in total. The number of hydrogen-bond donors (Lipinski definition) is 2. The van der Waals surface area contributed by atoms with Gasteiger partial charge in [-0.1, -0.05) is 42.5 Å². The fraction of sp³-hybridized carbons (Fsp3) is 0.0312. The molecule has 180 valence electrons. The molecule has 0 bridgehead atoms. The van der Waals surface area contributed by atoms with Gasteiger partial charge in [0.2, 0.25) is 0 Å². The average molecular weight is 484 g/mol. The van der Waals surface area contributed by atoms with Crippen LogP contribution >= 0.6 is 0 Å². The lowest BCUT2D eigenvalue weighted by molar-refractivity contribution is 0.482. The van der Waals surface area contributed by atoms with Crippen LogP contribution in [0.5, 0.6) is 23.0 Å². The number of hydrogen-bond acceptors (Lipinski definition) is 5. The number of rotatable bonds is 6. The Kier molecular flexibility index (Phi) is 5.58. The molecule has 0 radical (unpaired) electrons. The molecule has 5 heteroatoms. The molecule has 5 aromatic carbocycles. The van der Waals surface area contributed by atoms with Crippen molar-refractivity contribution in [3.05, 3.63) is 143 Å². The molecule has 0 fully saturated rings. The summed E-state index contributed by atoms with van der Waals surface area (Å²) in [5.74, 6) is 2.95. The second kappa shape index (κ2) is 9.21. The lowest BCUT2D eigenvalue weighted by Gasteiger charge is -2.26. The van der Waals surface area contributed by atoms with Crippen LogP contribution in [0, 0.1) is 0 Å². The van der Waals surface area contributed by atoms with E-state index >= 15 is 0 Å². The minimum Gasteiger partial charge on any atom is -0.457 e. The molecule has 5 nitrogen and oxygen atoms in total. The summed E-state index contributed by atoms with van der Waals surface area (Å²) in [4.78, 5) is 5.21. The third-order valence-corrected chi connectivity index (χ3v) is 6.42. The Bertz CT molecular complexity index is 1530. The zero-order valence-corrected chi connectivity index (χ0v) is 20.0. The molecule has 6 rings (SSSR count). The zero-order valence-electron chi connectivity index (χ0n) is 20.0. The summed E-state index contributed by atoms with van der Waals surface area (Å²) in [5, 5.41) is 2.07. The van der Waals surface area contributed by atoms with Crippen LogP contribution in [-0.2, 0) is 5.54 Å². The molecule has 0 saturated carbocycles. The lowest BCUT2D eigenvalue weighted by Crippen LogP contribution is -2.21. The maximum atomic E-state index is 6.01. The smallest absolute Gasteiger partial charge is 0.130 e. The quantitative estimate of drug-likeness (QED) is 0.299. The minimum atomic E-state index is -0.664. The van der Waals surface area contributed by atoms with Crippen LogP contribution in [0.15, 0.2) is 126 Å². The highest BCUT2D eigenvalue weighted by atomic mass is 16.5. The van der Waals surface area contributed by atoms with Crippen molar-refractivity contribution in [3.8, 4) is 23.0 Å². The largest absolute Gasteiger partial charge is 0.457 e. The number of nitrogen functional groups attached to an aromatic ring is 2. The van der Waals surface area contributed by atoms with Gasteiger partial charge in [-0.25, -0.2) is 0 Å². The summed E-state index contributed by atoms with van der Waals surface area (Å²) in [6.45, 7) is 0. The molecule has 5 aromatic rings. The third kappa shape index (κ3) is 4.50. The molecule has 0 spiro atoms. The summed E-state index contributed by atoms with van der Waals surface area (Å²) in [5.41, 5.74) is 14.4. The highest BCUT2D eigenvalue weighted by molar-refractivity contribution is 5.59. The van der Waals surface area contributed by atoms with Crippen molar-refractivity contribution in [1.82, 2.24) is 0 Å². The number of para-hydroxylation sites is 1. The average Bonchev–Trinajstić information content (AvgIpc) is 3.33. The van der Waals surface area contributed by atoms with E-state index < -0.39 is 5.54 Å². The first-order valence-corrected chi connectivity index (χ1v) is 12.0. The van der Waals surface area contributed by atoms with E-state index in [4.69, 9.17) is 25.9 Å². The van der Waals surface area contributed by atoms with Gasteiger partial charge in [0.05, 0.1) is 5.36 Å². The van der Waals surface area contributed by atoms with E-state index in [-0.39, 0.29) is 0 Å². The van der Waals surface area contributed by atoms with E-state index in [0.29, 0.717) is 11.4 Å². The van der Waals surface area contributed by atoms with Crippen LogP contribution in [0.2, 0.25) is 0 Å². The third-order valence-electron chi connectivity index (χ3n) is 6.42. The summed E-state index contributed by atoms with van der Waals surface area (Å²) in [6, 6.07) is 39.1. The van der Waals surface area contributed by atoms with Gasteiger partial charge < -0.3 is 20.9 Å². The predicted octanol–water partition coefficient (Wildman–Crippen LogP) is 5.79. The van der Waals surface area contributed by atoms with Gasteiger partial charge in [-0.2, -0.15) is 0 Å².